The highest BCUT2D eigenvalue weighted by atomic mass is 14.6. The summed E-state index contributed by atoms with van der Waals surface area (Å²) >= 11 is 0. The Bertz CT molecular complexity index is 268. The molecule has 0 aliphatic heterocycles. The number of hydrogen-bond donors (Lipinski definition) is 0. The van der Waals surface area contributed by atoms with Gasteiger partial charge in [0.1, 0.15) is 0 Å². The Kier molecular flexibility index (Phi) is 2.79. The molecule has 0 bridgehead atoms. The highest BCUT2D eigenvalue weighted by Gasteiger charge is 2.54. The molecule has 2 saturated carbocycles. The van der Waals surface area contributed by atoms with Gasteiger partial charge in [0.25, 0.3) is 0 Å². The van der Waals surface area contributed by atoms with Crippen molar-refractivity contribution in [2.75, 3.05) is 0 Å². The average Bonchev–Trinajstić information content (AvgIpc) is 2.59. The predicted molar refractivity (Wildman–Crippen MR) is 62.1 cm³/mol. The van der Waals surface area contributed by atoms with Crippen molar-refractivity contribution in [2.45, 2.75) is 52.9 Å². The molecule has 2 aliphatic rings. The van der Waals surface area contributed by atoms with E-state index in [9.17, 15) is 5.26 Å². The van der Waals surface area contributed by atoms with Crippen LogP contribution < -0.4 is 0 Å². The van der Waals surface area contributed by atoms with Crippen molar-refractivity contribution in [3.63, 3.8) is 0 Å². The molecule has 0 aromatic carbocycles. The van der Waals surface area contributed by atoms with Gasteiger partial charge >= 0.3 is 0 Å². The lowest BCUT2D eigenvalue weighted by Gasteiger charge is -2.42. The molecule has 2 rings (SSSR count). The molecule has 0 saturated heterocycles. The first kappa shape index (κ1) is 11.0. The van der Waals surface area contributed by atoms with E-state index in [4.69, 9.17) is 0 Å². The second kappa shape index (κ2) is 3.81. The highest BCUT2D eigenvalue weighted by molar-refractivity contribution is 5.13. The minimum absolute atomic E-state index is 0.0475. The fraction of sp³-hybridized carbons (Fsp3) is 0.929. The quantitative estimate of drug-likeness (QED) is 0.634. The summed E-state index contributed by atoms with van der Waals surface area (Å²) in [6.45, 7) is 6.95. The van der Waals surface area contributed by atoms with Crippen LogP contribution in [0.25, 0.3) is 0 Å². The lowest BCUT2D eigenvalue weighted by molar-refractivity contribution is 0.0771. The first-order valence-electron chi connectivity index (χ1n) is 6.53. The van der Waals surface area contributed by atoms with Gasteiger partial charge in [0.15, 0.2) is 0 Å². The van der Waals surface area contributed by atoms with E-state index in [-0.39, 0.29) is 5.41 Å². The molecule has 0 spiro atoms. The van der Waals surface area contributed by atoms with Gasteiger partial charge in [-0.15, -0.1) is 0 Å². The Morgan fingerprint density at radius 3 is 2.60 bits per heavy atom. The summed E-state index contributed by atoms with van der Waals surface area (Å²) in [5.41, 5.74) is 0.0475. The standard InChI is InChI=1S/C14H23N/c1-10(2)12-6-7-13-11(3)5-4-8-14(12,13)9-15/h10-13H,4-8H2,1-3H3/t11-,12+,13-,14-/m0/s1. The number of fused-ring (bicyclic) bond motifs is 1. The Balaban J connectivity index is 2.31. The van der Waals surface area contributed by atoms with Crippen LogP contribution in [-0.2, 0) is 0 Å². The number of rotatable bonds is 1. The zero-order valence-corrected chi connectivity index (χ0v) is 10.3. The Labute approximate surface area is 93.9 Å². The van der Waals surface area contributed by atoms with Crippen LogP contribution >= 0.6 is 0 Å². The first-order chi connectivity index (χ1) is 7.12. The van der Waals surface area contributed by atoms with E-state index in [0.29, 0.717) is 17.8 Å². The van der Waals surface area contributed by atoms with Gasteiger partial charge in [-0.05, 0) is 42.9 Å². The molecular weight excluding hydrogens is 182 g/mol. The summed E-state index contributed by atoms with van der Waals surface area (Å²) in [6, 6.07) is 2.74. The topological polar surface area (TPSA) is 23.8 Å². The third kappa shape index (κ3) is 1.50. The molecule has 84 valence electrons. The van der Waals surface area contributed by atoms with Crippen LogP contribution in [0, 0.1) is 40.4 Å². The van der Waals surface area contributed by atoms with Gasteiger partial charge in [-0.25, -0.2) is 0 Å². The van der Waals surface area contributed by atoms with Gasteiger partial charge in [0.05, 0.1) is 11.5 Å². The number of hydrogen-bond acceptors (Lipinski definition) is 1. The second-order valence-electron chi connectivity index (χ2n) is 6.06. The van der Waals surface area contributed by atoms with Crippen molar-refractivity contribution >= 4 is 0 Å². The lowest BCUT2D eigenvalue weighted by Crippen LogP contribution is -2.39. The van der Waals surface area contributed by atoms with Crippen molar-refractivity contribution in [3.8, 4) is 6.07 Å². The maximum Gasteiger partial charge on any atom is 0.0695 e. The SMILES string of the molecule is CC(C)[C@H]1CC[C@H]2[C@@H](C)CCC[C@]12C#N. The van der Waals surface area contributed by atoms with Crippen LogP contribution in [0.1, 0.15) is 52.9 Å². The van der Waals surface area contributed by atoms with Gasteiger partial charge < -0.3 is 0 Å². The average molecular weight is 205 g/mol. The first-order valence-corrected chi connectivity index (χ1v) is 6.53. The van der Waals surface area contributed by atoms with Crippen LogP contribution in [0.4, 0.5) is 0 Å². The molecule has 1 heteroatoms. The fourth-order valence-corrected chi connectivity index (χ4v) is 4.38. The molecule has 0 amide bonds. The third-order valence-corrected chi connectivity index (χ3v) is 5.06. The maximum atomic E-state index is 9.64. The molecule has 2 fully saturated rings. The zero-order valence-electron chi connectivity index (χ0n) is 10.3. The van der Waals surface area contributed by atoms with Crippen molar-refractivity contribution in [1.29, 1.82) is 5.26 Å². The van der Waals surface area contributed by atoms with Gasteiger partial charge in [0, 0.05) is 0 Å². The maximum absolute atomic E-state index is 9.64. The predicted octanol–water partition coefficient (Wildman–Crippen LogP) is 4.00. The molecule has 0 unspecified atom stereocenters. The largest absolute Gasteiger partial charge is 0.198 e. The van der Waals surface area contributed by atoms with Crippen molar-refractivity contribution in [3.05, 3.63) is 0 Å². The molecule has 1 nitrogen and oxygen atoms in total. The molecule has 4 atom stereocenters. The smallest absolute Gasteiger partial charge is 0.0695 e. The molecule has 0 N–H and O–H groups in total. The van der Waals surface area contributed by atoms with E-state index in [1.165, 1.54) is 32.1 Å². The van der Waals surface area contributed by atoms with Crippen LogP contribution in [0.5, 0.6) is 0 Å². The summed E-state index contributed by atoms with van der Waals surface area (Å²) in [7, 11) is 0. The summed E-state index contributed by atoms with van der Waals surface area (Å²) in [6.07, 6.45) is 6.38. The molecule has 0 aromatic heterocycles. The van der Waals surface area contributed by atoms with E-state index >= 15 is 0 Å². The van der Waals surface area contributed by atoms with E-state index < -0.39 is 0 Å². The molecular formula is C14H23N. The number of nitriles is 1. The van der Waals surface area contributed by atoms with Gasteiger partial charge in [-0.1, -0.05) is 33.6 Å². The van der Waals surface area contributed by atoms with E-state index in [1.807, 2.05) is 0 Å². The van der Waals surface area contributed by atoms with Crippen LogP contribution in [0.2, 0.25) is 0 Å². The summed E-state index contributed by atoms with van der Waals surface area (Å²) in [5, 5.41) is 9.64. The van der Waals surface area contributed by atoms with Crippen molar-refractivity contribution in [2.24, 2.45) is 29.1 Å². The number of nitrogens with zero attached hydrogens (tertiary/aromatic N) is 1. The minimum Gasteiger partial charge on any atom is -0.198 e. The zero-order chi connectivity index (χ0) is 11.1. The second-order valence-corrected chi connectivity index (χ2v) is 6.06. The summed E-state index contributed by atoms with van der Waals surface area (Å²) in [4.78, 5) is 0. The molecule has 0 aromatic rings. The molecule has 0 heterocycles. The normalized spacial score (nSPS) is 45.1. The van der Waals surface area contributed by atoms with E-state index in [1.54, 1.807) is 0 Å². The van der Waals surface area contributed by atoms with Crippen molar-refractivity contribution < 1.29 is 0 Å². The summed E-state index contributed by atoms with van der Waals surface area (Å²) in [5.74, 6) is 2.82. The summed E-state index contributed by atoms with van der Waals surface area (Å²) < 4.78 is 0. The van der Waals surface area contributed by atoms with Gasteiger partial charge in [0.2, 0.25) is 0 Å². The monoisotopic (exact) mass is 205 g/mol. The minimum atomic E-state index is 0.0475. The Hall–Kier alpha value is -0.510. The molecule has 0 radical (unpaired) electrons. The Morgan fingerprint density at radius 2 is 2.00 bits per heavy atom. The third-order valence-electron chi connectivity index (χ3n) is 5.06. The van der Waals surface area contributed by atoms with Gasteiger partial charge in [-0.3, -0.25) is 0 Å². The lowest BCUT2D eigenvalue weighted by atomic mass is 9.59. The van der Waals surface area contributed by atoms with Crippen molar-refractivity contribution in [1.82, 2.24) is 0 Å². The van der Waals surface area contributed by atoms with Gasteiger partial charge in [-0.2, -0.15) is 5.26 Å². The van der Waals surface area contributed by atoms with Crippen LogP contribution in [-0.4, -0.2) is 0 Å². The Morgan fingerprint density at radius 1 is 1.27 bits per heavy atom. The van der Waals surface area contributed by atoms with Crippen LogP contribution in [0.15, 0.2) is 0 Å². The highest BCUT2D eigenvalue weighted by Crippen LogP contribution is 2.59. The van der Waals surface area contributed by atoms with E-state index in [0.717, 1.165) is 5.92 Å². The van der Waals surface area contributed by atoms with E-state index in [2.05, 4.69) is 26.8 Å². The molecule has 15 heavy (non-hydrogen) atoms. The molecule has 2 aliphatic carbocycles. The van der Waals surface area contributed by atoms with Crippen LogP contribution in [0.3, 0.4) is 0 Å². The fourth-order valence-electron chi connectivity index (χ4n) is 4.38.